The summed E-state index contributed by atoms with van der Waals surface area (Å²) in [6.07, 6.45) is -3.79. The number of carbonyl (C=O) groups is 2. The van der Waals surface area contributed by atoms with Gasteiger partial charge in [0.1, 0.15) is 23.4 Å². The quantitative estimate of drug-likeness (QED) is 0.238. The molecular formula is C22H25IN2O8. The number of rotatable bonds is 2. The molecule has 0 heterocycles. The van der Waals surface area contributed by atoms with Crippen molar-refractivity contribution in [1.29, 1.82) is 0 Å². The monoisotopic (exact) mass is 572 g/mol. The number of amides is 1. The number of primary amides is 1. The molecule has 1 saturated carbocycles. The number of phenolic OH excluding ortho intramolecular Hbond substituents is 1. The summed E-state index contributed by atoms with van der Waals surface area (Å²) in [5, 5.41) is 66.4. The van der Waals surface area contributed by atoms with Crippen molar-refractivity contribution in [3.63, 3.8) is 0 Å². The van der Waals surface area contributed by atoms with Gasteiger partial charge >= 0.3 is 0 Å². The van der Waals surface area contributed by atoms with E-state index in [0.717, 1.165) is 0 Å². The van der Waals surface area contributed by atoms with E-state index in [1.807, 2.05) is 22.6 Å². The molecule has 10 nitrogen and oxygen atoms in total. The zero-order chi connectivity index (χ0) is 24.7. The van der Waals surface area contributed by atoms with Crippen molar-refractivity contribution in [2.45, 2.75) is 36.7 Å². The van der Waals surface area contributed by atoms with Gasteiger partial charge in [-0.2, -0.15) is 0 Å². The van der Waals surface area contributed by atoms with Crippen molar-refractivity contribution in [1.82, 2.24) is 4.90 Å². The van der Waals surface area contributed by atoms with E-state index in [-0.39, 0.29) is 16.9 Å². The lowest BCUT2D eigenvalue weighted by Crippen LogP contribution is -2.72. The average Bonchev–Trinajstić information content (AvgIpc) is 2.72. The molecule has 1 amide bonds. The molecule has 0 bridgehead atoms. The largest absolute Gasteiger partial charge is 0.510 e. The normalized spacial score (nSPS) is 35.9. The van der Waals surface area contributed by atoms with Crippen LogP contribution in [0.3, 0.4) is 0 Å². The van der Waals surface area contributed by atoms with Crippen LogP contribution < -0.4 is 5.73 Å². The third-order valence-electron chi connectivity index (χ3n) is 7.25. The summed E-state index contributed by atoms with van der Waals surface area (Å²) < 4.78 is 0.686. The van der Waals surface area contributed by atoms with Gasteiger partial charge in [0.15, 0.2) is 11.4 Å². The van der Waals surface area contributed by atoms with Gasteiger partial charge in [-0.15, -0.1) is 0 Å². The van der Waals surface area contributed by atoms with E-state index in [0.29, 0.717) is 9.13 Å². The van der Waals surface area contributed by atoms with Crippen LogP contribution in [0.5, 0.6) is 5.75 Å². The number of nitrogens with two attached hydrogens (primary N) is 1. The number of phenols is 1. The lowest BCUT2D eigenvalue weighted by Gasteiger charge is -2.56. The number of Topliss-reactive ketones (excluding diaryl/α,β-unsaturated/α-hetero) is 1. The number of likely N-dealkylation sites (N-methyl/N-ethyl adjacent to an activating group) is 1. The molecule has 178 valence electrons. The second kappa shape index (κ2) is 7.67. The van der Waals surface area contributed by atoms with Crippen molar-refractivity contribution in [2.75, 3.05) is 14.1 Å². The van der Waals surface area contributed by atoms with Crippen molar-refractivity contribution in [2.24, 2.45) is 17.6 Å². The van der Waals surface area contributed by atoms with E-state index in [1.54, 1.807) is 13.0 Å². The molecule has 1 aromatic carbocycles. The van der Waals surface area contributed by atoms with E-state index >= 15 is 0 Å². The van der Waals surface area contributed by atoms with Crippen LogP contribution in [0.4, 0.5) is 0 Å². The Balaban J connectivity index is 2.05. The fourth-order valence-corrected chi connectivity index (χ4v) is 6.77. The first-order valence-electron chi connectivity index (χ1n) is 10.3. The smallest absolute Gasteiger partial charge is 0.250 e. The zero-order valence-corrected chi connectivity index (χ0v) is 20.2. The minimum absolute atomic E-state index is 0.00576. The van der Waals surface area contributed by atoms with E-state index < -0.39 is 70.4 Å². The third-order valence-corrected chi connectivity index (χ3v) is 8.19. The van der Waals surface area contributed by atoms with Crippen LogP contribution in [0.15, 0.2) is 29.0 Å². The summed E-state index contributed by atoms with van der Waals surface area (Å²) in [4.78, 5) is 27.2. The van der Waals surface area contributed by atoms with E-state index in [9.17, 15) is 40.2 Å². The predicted molar refractivity (Wildman–Crippen MR) is 124 cm³/mol. The lowest BCUT2D eigenvalue weighted by atomic mass is 9.53. The standard InChI is InChI=1S/C22H25IN2O8/c1-6-9-7(23)4-5-8(26)11(9)16(27)12-10(6)17(28)14-15(25(2)3)18(29)13(21(24)32)20(31)22(14,33)19(12)30/h4-6,10,14-15,17,20,26-29,31,33H,1-3H3,(H2,24,32)/t6-,10+,14+,15-,17-,20?,22-/m0/s1. The maximum absolute atomic E-state index is 13.8. The summed E-state index contributed by atoms with van der Waals surface area (Å²) in [5.74, 6) is -6.97. The summed E-state index contributed by atoms with van der Waals surface area (Å²) in [6.45, 7) is 1.72. The Hall–Kier alpha value is -2.19. The molecule has 3 aliphatic rings. The summed E-state index contributed by atoms with van der Waals surface area (Å²) in [6, 6.07) is 1.76. The number of fused-ring (bicyclic) bond motifs is 3. The highest BCUT2D eigenvalue weighted by atomic mass is 127. The zero-order valence-electron chi connectivity index (χ0n) is 18.0. The van der Waals surface area contributed by atoms with Crippen molar-refractivity contribution in [3.8, 4) is 5.75 Å². The number of hydrogen-bond acceptors (Lipinski definition) is 9. The SMILES string of the molecule is C[C@H]1c2c(I)ccc(O)c2C(O)=C2C(=O)[C@]3(O)C(O)C(C(N)=O)=C(O)[C@@H](N(C)C)[C@@H]3[C@@H](O)[C@@H]21. The first kappa shape index (κ1) is 24.0. The molecule has 1 unspecified atom stereocenters. The van der Waals surface area contributed by atoms with Gasteiger partial charge < -0.3 is 36.4 Å². The number of aliphatic hydroxyl groups is 5. The number of benzene rings is 1. The fourth-order valence-electron chi connectivity index (χ4n) is 5.83. The van der Waals surface area contributed by atoms with Crippen molar-refractivity contribution < 1.29 is 40.2 Å². The Morgan fingerprint density at radius 2 is 1.79 bits per heavy atom. The molecular weight excluding hydrogens is 547 g/mol. The molecule has 8 N–H and O–H groups in total. The Kier molecular flexibility index (Phi) is 5.56. The lowest BCUT2D eigenvalue weighted by molar-refractivity contribution is -0.190. The summed E-state index contributed by atoms with van der Waals surface area (Å²) in [5.41, 5.74) is 1.98. The first-order chi connectivity index (χ1) is 15.3. The van der Waals surface area contributed by atoms with Gasteiger partial charge in [0.2, 0.25) is 0 Å². The number of hydrogen-bond donors (Lipinski definition) is 7. The Labute approximate surface area is 202 Å². The van der Waals surface area contributed by atoms with E-state index in [4.69, 9.17) is 5.73 Å². The number of nitrogens with zero attached hydrogens (tertiary/aromatic N) is 1. The minimum atomic E-state index is -2.78. The molecule has 0 aromatic heterocycles. The predicted octanol–water partition coefficient (Wildman–Crippen LogP) is -0.108. The van der Waals surface area contributed by atoms with Gasteiger partial charge in [-0.1, -0.05) is 6.92 Å². The molecule has 0 radical (unpaired) electrons. The van der Waals surface area contributed by atoms with Crippen LogP contribution in [0.2, 0.25) is 0 Å². The third kappa shape index (κ3) is 2.92. The van der Waals surface area contributed by atoms with Gasteiger partial charge in [-0.25, -0.2) is 0 Å². The molecule has 1 fully saturated rings. The van der Waals surface area contributed by atoms with Gasteiger partial charge in [-0.3, -0.25) is 14.5 Å². The van der Waals surface area contributed by atoms with Crippen LogP contribution in [-0.4, -0.2) is 85.2 Å². The van der Waals surface area contributed by atoms with Crippen LogP contribution in [-0.2, 0) is 9.59 Å². The Morgan fingerprint density at radius 1 is 1.18 bits per heavy atom. The van der Waals surface area contributed by atoms with E-state index in [1.165, 1.54) is 25.1 Å². The number of carbonyl (C=O) groups excluding carboxylic acids is 2. The second-order valence-corrected chi connectivity index (χ2v) is 10.2. The van der Waals surface area contributed by atoms with E-state index in [2.05, 4.69) is 0 Å². The van der Waals surface area contributed by atoms with Crippen molar-refractivity contribution in [3.05, 3.63) is 43.7 Å². The first-order valence-corrected chi connectivity index (χ1v) is 11.3. The van der Waals surface area contributed by atoms with Crippen LogP contribution in [0.1, 0.15) is 24.0 Å². The van der Waals surface area contributed by atoms with Crippen LogP contribution in [0.25, 0.3) is 5.76 Å². The van der Waals surface area contributed by atoms with Crippen molar-refractivity contribution >= 4 is 40.0 Å². The highest BCUT2D eigenvalue weighted by molar-refractivity contribution is 14.1. The molecule has 7 atom stereocenters. The summed E-state index contributed by atoms with van der Waals surface area (Å²) >= 11 is 2.02. The van der Waals surface area contributed by atoms with Gasteiger partial charge in [0.05, 0.1) is 23.3 Å². The van der Waals surface area contributed by atoms with Crippen LogP contribution in [0, 0.1) is 15.4 Å². The Morgan fingerprint density at radius 3 is 2.33 bits per heavy atom. The van der Waals surface area contributed by atoms with Crippen LogP contribution >= 0.6 is 22.6 Å². The molecule has 0 aliphatic heterocycles. The van der Waals surface area contributed by atoms with Gasteiger partial charge in [0, 0.05) is 21.0 Å². The number of halogens is 1. The maximum Gasteiger partial charge on any atom is 0.250 e. The van der Waals surface area contributed by atoms with Gasteiger partial charge in [0.25, 0.3) is 5.91 Å². The molecule has 33 heavy (non-hydrogen) atoms. The average molecular weight is 572 g/mol. The highest BCUT2D eigenvalue weighted by Gasteiger charge is 2.68. The number of aliphatic hydroxyl groups excluding tert-OH is 4. The maximum atomic E-state index is 13.8. The molecule has 0 spiro atoms. The molecule has 0 saturated heterocycles. The molecule has 11 heteroatoms. The topological polar surface area (TPSA) is 185 Å². The summed E-state index contributed by atoms with van der Waals surface area (Å²) in [7, 11) is 3.02. The number of ketones is 1. The molecule has 3 aliphatic carbocycles. The minimum Gasteiger partial charge on any atom is -0.510 e. The molecule has 1 aromatic rings. The highest BCUT2D eigenvalue weighted by Crippen LogP contribution is 2.56. The second-order valence-electron chi connectivity index (χ2n) is 9.08. The Bertz CT molecular complexity index is 1150. The van der Waals surface area contributed by atoms with Gasteiger partial charge in [-0.05, 0) is 60.3 Å². The molecule has 4 rings (SSSR count). The number of aromatic hydroxyl groups is 1. The fraction of sp³-hybridized carbons (Fsp3) is 0.455.